The van der Waals surface area contributed by atoms with Crippen LogP contribution in [-0.4, -0.2) is 18.0 Å². The molecule has 0 radical (unpaired) electrons. The lowest BCUT2D eigenvalue weighted by Gasteiger charge is -2.27. The van der Waals surface area contributed by atoms with Crippen molar-refractivity contribution in [2.24, 2.45) is 5.73 Å². The molecule has 0 saturated heterocycles. The minimum atomic E-state index is 0.168. The van der Waals surface area contributed by atoms with E-state index in [4.69, 9.17) is 5.73 Å². The second-order valence-corrected chi connectivity index (χ2v) is 6.14. The SMILES string of the molecule is Cc1ccccc1C(C)CC(=O)NC1CCC(N)CC1. The first kappa shape index (κ1) is 15.0. The fraction of sp³-hybridized carbons (Fsp3) is 0.588. The first-order chi connectivity index (χ1) is 9.56. The van der Waals surface area contributed by atoms with Gasteiger partial charge in [0.15, 0.2) is 0 Å². The lowest BCUT2D eigenvalue weighted by molar-refractivity contribution is -0.122. The van der Waals surface area contributed by atoms with Crippen molar-refractivity contribution >= 4 is 5.91 Å². The third-order valence-electron chi connectivity index (χ3n) is 4.35. The molecule has 0 aliphatic heterocycles. The molecule has 2 rings (SSSR count). The minimum Gasteiger partial charge on any atom is -0.353 e. The van der Waals surface area contributed by atoms with Gasteiger partial charge in [0, 0.05) is 18.5 Å². The van der Waals surface area contributed by atoms with Gasteiger partial charge < -0.3 is 11.1 Å². The Labute approximate surface area is 121 Å². The van der Waals surface area contributed by atoms with Gasteiger partial charge in [0.1, 0.15) is 0 Å². The normalized spacial score (nSPS) is 24.1. The molecule has 3 N–H and O–H groups in total. The molecule has 1 aromatic carbocycles. The molecule has 1 aliphatic rings. The lowest BCUT2D eigenvalue weighted by Crippen LogP contribution is -2.40. The molecule has 1 aromatic rings. The van der Waals surface area contributed by atoms with Crippen molar-refractivity contribution < 1.29 is 4.79 Å². The van der Waals surface area contributed by atoms with Gasteiger partial charge in [-0.1, -0.05) is 31.2 Å². The summed E-state index contributed by atoms with van der Waals surface area (Å²) in [4.78, 5) is 12.1. The predicted molar refractivity (Wildman–Crippen MR) is 82.6 cm³/mol. The minimum absolute atomic E-state index is 0.168. The summed E-state index contributed by atoms with van der Waals surface area (Å²) >= 11 is 0. The number of hydrogen-bond donors (Lipinski definition) is 2. The Hall–Kier alpha value is -1.35. The quantitative estimate of drug-likeness (QED) is 0.887. The predicted octanol–water partition coefficient (Wildman–Crippen LogP) is 2.87. The highest BCUT2D eigenvalue weighted by Crippen LogP contribution is 2.23. The molecule has 1 aliphatic carbocycles. The molecule has 3 nitrogen and oxygen atoms in total. The number of benzene rings is 1. The summed E-state index contributed by atoms with van der Waals surface area (Å²) < 4.78 is 0. The van der Waals surface area contributed by atoms with Crippen LogP contribution in [-0.2, 0) is 4.79 Å². The van der Waals surface area contributed by atoms with E-state index in [0.29, 0.717) is 18.5 Å². The molecule has 0 heterocycles. The first-order valence-electron chi connectivity index (χ1n) is 7.66. The van der Waals surface area contributed by atoms with E-state index in [1.54, 1.807) is 0 Å². The van der Waals surface area contributed by atoms with Gasteiger partial charge in [0.05, 0.1) is 0 Å². The van der Waals surface area contributed by atoms with Gasteiger partial charge in [0.25, 0.3) is 0 Å². The summed E-state index contributed by atoms with van der Waals surface area (Å²) in [5, 5.41) is 3.17. The zero-order chi connectivity index (χ0) is 14.5. The van der Waals surface area contributed by atoms with E-state index in [1.165, 1.54) is 11.1 Å². The molecular weight excluding hydrogens is 248 g/mol. The molecule has 20 heavy (non-hydrogen) atoms. The summed E-state index contributed by atoms with van der Waals surface area (Å²) in [7, 11) is 0. The highest BCUT2D eigenvalue weighted by molar-refractivity contribution is 5.77. The van der Waals surface area contributed by atoms with Crippen LogP contribution in [0.3, 0.4) is 0 Å². The van der Waals surface area contributed by atoms with E-state index in [1.807, 2.05) is 12.1 Å². The summed E-state index contributed by atoms with van der Waals surface area (Å²) in [6, 6.07) is 8.95. The number of nitrogens with two attached hydrogens (primary N) is 1. The molecule has 1 amide bonds. The topological polar surface area (TPSA) is 55.1 Å². The van der Waals surface area contributed by atoms with Gasteiger partial charge >= 0.3 is 0 Å². The van der Waals surface area contributed by atoms with E-state index >= 15 is 0 Å². The van der Waals surface area contributed by atoms with Crippen molar-refractivity contribution in [2.45, 2.75) is 64.0 Å². The number of amides is 1. The Morgan fingerprint density at radius 1 is 1.30 bits per heavy atom. The molecule has 3 heteroatoms. The van der Waals surface area contributed by atoms with Crippen molar-refractivity contribution in [3.63, 3.8) is 0 Å². The second-order valence-electron chi connectivity index (χ2n) is 6.14. The van der Waals surface area contributed by atoms with Crippen LogP contribution in [0, 0.1) is 6.92 Å². The number of carbonyl (C=O) groups excluding carboxylic acids is 1. The van der Waals surface area contributed by atoms with Crippen molar-refractivity contribution in [3.05, 3.63) is 35.4 Å². The van der Waals surface area contributed by atoms with E-state index < -0.39 is 0 Å². The highest BCUT2D eigenvalue weighted by atomic mass is 16.1. The molecule has 0 spiro atoms. The van der Waals surface area contributed by atoms with E-state index in [-0.39, 0.29) is 11.8 Å². The van der Waals surface area contributed by atoms with Crippen LogP contribution in [0.15, 0.2) is 24.3 Å². The maximum atomic E-state index is 12.1. The molecule has 1 saturated carbocycles. The van der Waals surface area contributed by atoms with Crippen molar-refractivity contribution in [3.8, 4) is 0 Å². The summed E-state index contributed by atoms with van der Waals surface area (Å²) in [5.41, 5.74) is 8.42. The van der Waals surface area contributed by atoms with Gasteiger partial charge in [-0.3, -0.25) is 4.79 Å². The van der Waals surface area contributed by atoms with Crippen molar-refractivity contribution in [2.75, 3.05) is 0 Å². The average Bonchev–Trinajstić information content (AvgIpc) is 2.41. The summed E-state index contributed by atoms with van der Waals surface area (Å²) in [6.45, 7) is 4.23. The van der Waals surface area contributed by atoms with Gasteiger partial charge in [-0.25, -0.2) is 0 Å². The summed E-state index contributed by atoms with van der Waals surface area (Å²) in [5.74, 6) is 0.434. The van der Waals surface area contributed by atoms with Gasteiger partial charge in [-0.05, 0) is 49.7 Å². The Morgan fingerprint density at radius 3 is 2.60 bits per heavy atom. The Balaban J connectivity index is 1.84. The van der Waals surface area contributed by atoms with Crippen LogP contribution >= 0.6 is 0 Å². The van der Waals surface area contributed by atoms with Crippen molar-refractivity contribution in [1.82, 2.24) is 5.32 Å². The van der Waals surface area contributed by atoms with Crippen LogP contribution in [0.5, 0.6) is 0 Å². The maximum absolute atomic E-state index is 12.1. The number of carbonyl (C=O) groups is 1. The number of nitrogens with one attached hydrogen (secondary N) is 1. The Bertz CT molecular complexity index is 450. The van der Waals surface area contributed by atoms with E-state index in [0.717, 1.165) is 25.7 Å². The van der Waals surface area contributed by atoms with Crippen LogP contribution in [0.1, 0.15) is 56.1 Å². The third-order valence-corrected chi connectivity index (χ3v) is 4.35. The summed E-state index contributed by atoms with van der Waals surface area (Å²) in [6.07, 6.45) is 4.65. The number of hydrogen-bond acceptors (Lipinski definition) is 2. The molecule has 1 fully saturated rings. The standard InChI is InChI=1S/C17H26N2O/c1-12-5-3-4-6-16(12)13(2)11-17(20)19-15-9-7-14(18)8-10-15/h3-6,13-15H,7-11,18H2,1-2H3,(H,19,20). The van der Waals surface area contributed by atoms with Crippen LogP contribution in [0.2, 0.25) is 0 Å². The molecule has 0 aromatic heterocycles. The smallest absolute Gasteiger partial charge is 0.220 e. The zero-order valence-electron chi connectivity index (χ0n) is 12.6. The van der Waals surface area contributed by atoms with Gasteiger partial charge in [-0.15, -0.1) is 0 Å². The number of rotatable bonds is 4. The average molecular weight is 274 g/mol. The van der Waals surface area contributed by atoms with Crippen LogP contribution < -0.4 is 11.1 Å². The van der Waals surface area contributed by atoms with E-state index in [9.17, 15) is 4.79 Å². The fourth-order valence-electron chi connectivity index (χ4n) is 3.08. The highest BCUT2D eigenvalue weighted by Gasteiger charge is 2.21. The lowest BCUT2D eigenvalue weighted by atomic mass is 9.90. The monoisotopic (exact) mass is 274 g/mol. The van der Waals surface area contributed by atoms with Gasteiger partial charge in [-0.2, -0.15) is 0 Å². The van der Waals surface area contributed by atoms with Gasteiger partial charge in [0.2, 0.25) is 5.91 Å². The third kappa shape index (κ3) is 4.07. The Morgan fingerprint density at radius 2 is 1.95 bits per heavy atom. The largest absolute Gasteiger partial charge is 0.353 e. The maximum Gasteiger partial charge on any atom is 0.220 e. The fourth-order valence-corrected chi connectivity index (χ4v) is 3.08. The molecule has 1 atom stereocenters. The Kier molecular flexibility index (Phi) is 5.18. The number of aryl methyl sites for hydroxylation is 1. The molecule has 0 bridgehead atoms. The zero-order valence-corrected chi connectivity index (χ0v) is 12.6. The van der Waals surface area contributed by atoms with Crippen molar-refractivity contribution in [1.29, 1.82) is 0 Å². The molecular formula is C17H26N2O. The van der Waals surface area contributed by atoms with E-state index in [2.05, 4.69) is 31.3 Å². The molecule has 1 unspecified atom stereocenters. The second kappa shape index (κ2) is 6.89. The van der Waals surface area contributed by atoms with Crippen LogP contribution in [0.4, 0.5) is 0 Å². The van der Waals surface area contributed by atoms with Crippen LogP contribution in [0.25, 0.3) is 0 Å². The first-order valence-corrected chi connectivity index (χ1v) is 7.66. The molecule has 110 valence electrons.